The molecular weight excluding hydrogens is 683 g/mol. The highest BCUT2D eigenvalue weighted by Crippen LogP contribution is 2.43. The van der Waals surface area contributed by atoms with Crippen molar-refractivity contribution >= 4 is 59.9 Å². The molecule has 12 aromatic rings. The Morgan fingerprint density at radius 2 is 0.804 bits per heavy atom. The average molecular weight is 714 g/mol. The summed E-state index contributed by atoms with van der Waals surface area (Å²) in [6, 6.07) is 66.7. The van der Waals surface area contributed by atoms with Crippen molar-refractivity contribution in [2.45, 2.75) is 0 Å². The van der Waals surface area contributed by atoms with E-state index in [2.05, 4.69) is 136 Å². The van der Waals surface area contributed by atoms with E-state index in [-0.39, 0.29) is 0 Å². The van der Waals surface area contributed by atoms with Crippen molar-refractivity contribution in [3.05, 3.63) is 188 Å². The summed E-state index contributed by atoms with van der Waals surface area (Å²) < 4.78 is 4.91. The molecule has 0 bridgehead atoms. The zero-order valence-corrected chi connectivity index (χ0v) is 30.1. The van der Waals surface area contributed by atoms with Crippen LogP contribution in [0.5, 0.6) is 0 Å². The van der Waals surface area contributed by atoms with Crippen LogP contribution in [-0.4, -0.2) is 23.9 Å². The summed E-state index contributed by atoms with van der Waals surface area (Å²) in [4.78, 5) is 14.9. The molecule has 5 nitrogen and oxygen atoms in total. The molecule has 0 aliphatic rings. The van der Waals surface area contributed by atoms with Gasteiger partial charge < -0.3 is 8.97 Å². The number of hydrogen-bond donors (Lipinski definition) is 0. The molecule has 8 aromatic carbocycles. The Bertz CT molecular complexity index is 3410. The number of fused-ring (bicyclic) bond motifs is 9. The second kappa shape index (κ2) is 11.9. The lowest BCUT2D eigenvalue weighted by Gasteiger charge is -2.11. The Labute approximate surface area is 321 Å². The Balaban J connectivity index is 1.03. The lowest BCUT2D eigenvalue weighted by Crippen LogP contribution is -2.00. The van der Waals surface area contributed by atoms with E-state index in [1.807, 2.05) is 60.7 Å². The normalized spacial score (nSPS) is 11.9. The average Bonchev–Trinajstić information content (AvgIpc) is 3.92. The summed E-state index contributed by atoms with van der Waals surface area (Å²) in [7, 11) is 0. The van der Waals surface area contributed by atoms with Gasteiger partial charge in [-0.15, -0.1) is 0 Å². The van der Waals surface area contributed by atoms with Crippen molar-refractivity contribution in [3.8, 4) is 51.0 Å². The Morgan fingerprint density at radius 3 is 1.55 bits per heavy atom. The molecule has 0 saturated heterocycles. The minimum atomic E-state index is 0.642. The molecule has 260 valence electrons. The van der Waals surface area contributed by atoms with Crippen LogP contribution >= 0.6 is 0 Å². The Hall–Kier alpha value is -7.63. The van der Waals surface area contributed by atoms with Crippen molar-refractivity contribution < 1.29 is 0 Å². The zero-order valence-electron chi connectivity index (χ0n) is 30.1. The zero-order chi connectivity index (χ0) is 36.7. The molecule has 0 spiro atoms. The molecule has 5 heteroatoms. The van der Waals surface area contributed by atoms with E-state index in [9.17, 15) is 0 Å². The largest absolute Gasteiger partial charge is 0.309 e. The molecule has 56 heavy (non-hydrogen) atoms. The van der Waals surface area contributed by atoms with Crippen molar-refractivity contribution in [3.63, 3.8) is 0 Å². The van der Waals surface area contributed by atoms with E-state index in [0.717, 1.165) is 27.8 Å². The lowest BCUT2D eigenvalue weighted by atomic mass is 10.0. The first kappa shape index (κ1) is 30.8. The maximum Gasteiger partial charge on any atom is 0.164 e. The maximum atomic E-state index is 5.00. The van der Waals surface area contributed by atoms with Gasteiger partial charge in [0.05, 0.1) is 33.3 Å². The molecule has 12 rings (SSSR count). The summed E-state index contributed by atoms with van der Waals surface area (Å²) in [5.74, 6) is 1.95. The third kappa shape index (κ3) is 4.52. The number of rotatable bonds is 5. The minimum Gasteiger partial charge on any atom is -0.309 e. The number of para-hydroxylation sites is 3. The smallest absolute Gasteiger partial charge is 0.164 e. The summed E-state index contributed by atoms with van der Waals surface area (Å²) in [6.07, 6.45) is 0. The molecule has 0 unspecified atom stereocenters. The van der Waals surface area contributed by atoms with Crippen LogP contribution in [0, 0.1) is 0 Å². The van der Waals surface area contributed by atoms with Gasteiger partial charge in [0.2, 0.25) is 0 Å². The van der Waals surface area contributed by atoms with Crippen LogP contribution in [0.4, 0.5) is 0 Å². The van der Waals surface area contributed by atoms with Crippen LogP contribution in [0.15, 0.2) is 188 Å². The SMILES string of the molecule is c1ccc(-c2nc(-c3ccccc3)nc(-c3cccc(-c4ccc5c(c4)c4ccccc4n5-c4cccc5c4c4cccc6c7ccccc7n5c64)c3)n2)cc1. The summed E-state index contributed by atoms with van der Waals surface area (Å²) in [6.45, 7) is 0. The highest BCUT2D eigenvalue weighted by molar-refractivity contribution is 6.25. The third-order valence-corrected chi connectivity index (χ3v) is 11.3. The summed E-state index contributed by atoms with van der Waals surface area (Å²) in [5, 5.41) is 7.54. The fourth-order valence-corrected chi connectivity index (χ4v) is 8.84. The molecule has 4 aromatic heterocycles. The van der Waals surface area contributed by atoms with E-state index in [1.165, 1.54) is 65.6 Å². The fourth-order valence-electron chi connectivity index (χ4n) is 8.84. The molecule has 0 atom stereocenters. The van der Waals surface area contributed by atoms with E-state index in [0.29, 0.717) is 17.5 Å². The first-order valence-electron chi connectivity index (χ1n) is 19.0. The first-order valence-corrected chi connectivity index (χ1v) is 19.0. The van der Waals surface area contributed by atoms with Crippen molar-refractivity contribution in [1.82, 2.24) is 23.9 Å². The third-order valence-electron chi connectivity index (χ3n) is 11.3. The summed E-state index contributed by atoms with van der Waals surface area (Å²) in [5.41, 5.74) is 12.4. The van der Waals surface area contributed by atoms with E-state index >= 15 is 0 Å². The number of aromatic nitrogens is 5. The lowest BCUT2D eigenvalue weighted by molar-refractivity contribution is 1.07. The molecule has 4 heterocycles. The molecule has 0 N–H and O–H groups in total. The van der Waals surface area contributed by atoms with Gasteiger partial charge in [0.15, 0.2) is 17.5 Å². The topological polar surface area (TPSA) is 48.0 Å². The molecule has 0 amide bonds. The predicted molar refractivity (Wildman–Crippen MR) is 231 cm³/mol. The van der Waals surface area contributed by atoms with Crippen LogP contribution < -0.4 is 0 Å². The quantitative estimate of drug-likeness (QED) is 0.178. The van der Waals surface area contributed by atoms with Gasteiger partial charge in [0.1, 0.15) is 0 Å². The van der Waals surface area contributed by atoms with Crippen molar-refractivity contribution in [1.29, 1.82) is 0 Å². The number of hydrogen-bond acceptors (Lipinski definition) is 3. The Morgan fingerprint density at radius 1 is 0.304 bits per heavy atom. The second-order valence-electron chi connectivity index (χ2n) is 14.4. The molecule has 0 saturated carbocycles. The van der Waals surface area contributed by atoms with Crippen molar-refractivity contribution in [2.75, 3.05) is 0 Å². The molecule has 0 fully saturated rings. The molecule has 0 radical (unpaired) electrons. The van der Waals surface area contributed by atoms with E-state index in [4.69, 9.17) is 15.0 Å². The monoisotopic (exact) mass is 713 g/mol. The number of benzene rings is 8. The first-order chi connectivity index (χ1) is 27.8. The van der Waals surface area contributed by atoms with Gasteiger partial charge in [-0.25, -0.2) is 15.0 Å². The van der Waals surface area contributed by atoms with Crippen LogP contribution in [-0.2, 0) is 0 Å². The fraction of sp³-hybridized carbons (Fsp3) is 0. The summed E-state index contributed by atoms with van der Waals surface area (Å²) >= 11 is 0. The number of nitrogens with zero attached hydrogens (tertiary/aromatic N) is 5. The molecular formula is C51H31N5. The molecule has 0 aliphatic carbocycles. The highest BCUT2D eigenvalue weighted by Gasteiger charge is 2.22. The van der Waals surface area contributed by atoms with Crippen LogP contribution in [0.2, 0.25) is 0 Å². The van der Waals surface area contributed by atoms with Gasteiger partial charge in [-0.05, 0) is 53.6 Å². The Kier molecular flexibility index (Phi) is 6.56. The minimum absolute atomic E-state index is 0.642. The van der Waals surface area contributed by atoms with E-state index < -0.39 is 0 Å². The van der Waals surface area contributed by atoms with Gasteiger partial charge in [-0.1, -0.05) is 146 Å². The second-order valence-corrected chi connectivity index (χ2v) is 14.4. The highest BCUT2D eigenvalue weighted by atomic mass is 15.0. The van der Waals surface area contributed by atoms with Gasteiger partial charge in [-0.3, -0.25) is 0 Å². The maximum absolute atomic E-state index is 5.00. The van der Waals surface area contributed by atoms with Gasteiger partial charge in [0, 0.05) is 49.0 Å². The van der Waals surface area contributed by atoms with Crippen LogP contribution in [0.1, 0.15) is 0 Å². The van der Waals surface area contributed by atoms with Gasteiger partial charge in [0.25, 0.3) is 0 Å². The van der Waals surface area contributed by atoms with Gasteiger partial charge >= 0.3 is 0 Å². The van der Waals surface area contributed by atoms with E-state index in [1.54, 1.807) is 0 Å². The standard InChI is InChI=1S/C51H31N5/c1-3-14-32(15-4-1)49-52-50(33-16-5-2-6-17-33)54-51(53-49)36-19-11-18-34(30-36)35-28-29-44-41(31-35)38-21-8-9-24-42(38)55(44)45-26-13-27-46-47(45)40-23-12-22-39-37-20-7-10-25-43(37)56(46)48(39)40/h1-31H. The van der Waals surface area contributed by atoms with Crippen LogP contribution in [0.3, 0.4) is 0 Å². The van der Waals surface area contributed by atoms with Crippen molar-refractivity contribution in [2.24, 2.45) is 0 Å². The molecule has 0 aliphatic heterocycles. The van der Waals surface area contributed by atoms with Gasteiger partial charge in [-0.2, -0.15) is 0 Å². The van der Waals surface area contributed by atoms with Crippen LogP contribution in [0.25, 0.3) is 111 Å². The predicted octanol–water partition coefficient (Wildman–Crippen LogP) is 12.8.